The van der Waals surface area contributed by atoms with E-state index in [0.717, 1.165) is 44.4 Å². The topological polar surface area (TPSA) is 70.5 Å². The van der Waals surface area contributed by atoms with Crippen molar-refractivity contribution in [2.45, 2.75) is 64.6 Å². The van der Waals surface area contributed by atoms with Gasteiger partial charge in [-0.05, 0) is 50.9 Å². The van der Waals surface area contributed by atoms with Gasteiger partial charge < -0.3 is 20.3 Å². The zero-order valence-electron chi connectivity index (χ0n) is 12.4. The number of nitrogens with two attached hydrogens (primary N) is 2. The van der Waals surface area contributed by atoms with Crippen molar-refractivity contribution in [3.05, 3.63) is 0 Å². The molecule has 0 bridgehead atoms. The van der Waals surface area contributed by atoms with Crippen LogP contribution in [0.2, 0.25) is 12.1 Å². The van der Waals surface area contributed by atoms with E-state index in [1.165, 1.54) is 0 Å². The summed E-state index contributed by atoms with van der Waals surface area (Å²) >= 11 is 0. The Hall–Kier alpha value is 0.0569. The summed E-state index contributed by atoms with van der Waals surface area (Å²) in [7, 11) is -2.07. The molecule has 0 rings (SSSR count). The molecule has 0 amide bonds. The molecule has 110 valence electrons. The van der Waals surface area contributed by atoms with E-state index in [4.69, 9.17) is 20.3 Å². The summed E-state index contributed by atoms with van der Waals surface area (Å²) in [5, 5.41) is 0. The highest BCUT2D eigenvalue weighted by Gasteiger charge is 2.36. The Labute approximate surface area is 114 Å². The first-order valence-electron chi connectivity index (χ1n) is 7.39. The summed E-state index contributed by atoms with van der Waals surface area (Å²) in [6, 6.07) is 2.00. The van der Waals surface area contributed by atoms with Crippen LogP contribution in [-0.2, 0) is 8.85 Å². The van der Waals surface area contributed by atoms with Gasteiger partial charge in [0.2, 0.25) is 0 Å². The Morgan fingerprint density at radius 3 is 2.28 bits per heavy atom. The first-order valence-corrected chi connectivity index (χ1v) is 9.62. The quantitative estimate of drug-likeness (QED) is 0.537. The van der Waals surface area contributed by atoms with Crippen molar-refractivity contribution in [1.29, 1.82) is 0 Å². The first kappa shape index (κ1) is 18.1. The van der Waals surface area contributed by atoms with Gasteiger partial charge in [-0.3, -0.25) is 0 Å². The first-order chi connectivity index (χ1) is 8.67. The molecule has 18 heavy (non-hydrogen) atoms. The molecule has 0 aromatic carbocycles. The van der Waals surface area contributed by atoms with Crippen molar-refractivity contribution in [3.8, 4) is 0 Å². The predicted molar refractivity (Wildman–Crippen MR) is 79.8 cm³/mol. The molecule has 2 atom stereocenters. The Morgan fingerprint density at radius 1 is 1.11 bits per heavy atom. The highest BCUT2D eigenvalue weighted by Crippen LogP contribution is 2.24. The molecule has 0 saturated carbocycles. The Morgan fingerprint density at radius 2 is 1.83 bits per heavy atom. The summed E-state index contributed by atoms with van der Waals surface area (Å²) in [5.41, 5.74) is 11.3. The summed E-state index contributed by atoms with van der Waals surface area (Å²) in [5.74, 6) is 0. The number of rotatable bonds is 12. The molecule has 4 N–H and O–H groups in total. The minimum atomic E-state index is -2.07. The monoisotopic (exact) mass is 276 g/mol. The van der Waals surface area contributed by atoms with Gasteiger partial charge in [-0.1, -0.05) is 20.8 Å². The minimum absolute atomic E-state index is 0.247. The maximum absolute atomic E-state index is 6.36. The molecule has 0 radical (unpaired) electrons. The van der Waals surface area contributed by atoms with Crippen molar-refractivity contribution in [2.24, 2.45) is 11.5 Å². The molecule has 0 saturated heterocycles. The van der Waals surface area contributed by atoms with E-state index in [2.05, 4.69) is 20.8 Å². The van der Waals surface area contributed by atoms with Crippen LogP contribution in [0.3, 0.4) is 0 Å². The third kappa shape index (κ3) is 6.85. The Balaban J connectivity index is 4.56. The lowest BCUT2D eigenvalue weighted by atomic mass is 10.2. The van der Waals surface area contributed by atoms with Crippen molar-refractivity contribution < 1.29 is 8.85 Å². The van der Waals surface area contributed by atoms with Crippen molar-refractivity contribution in [3.63, 3.8) is 0 Å². The molecule has 0 heterocycles. The van der Waals surface area contributed by atoms with E-state index >= 15 is 0 Å². The minimum Gasteiger partial charge on any atom is -0.394 e. The zero-order valence-corrected chi connectivity index (χ0v) is 13.4. The lowest BCUT2D eigenvalue weighted by Crippen LogP contribution is -2.45. The van der Waals surface area contributed by atoms with Gasteiger partial charge in [-0.2, -0.15) is 0 Å². The molecule has 0 fully saturated rings. The fourth-order valence-corrected chi connectivity index (χ4v) is 5.29. The molecule has 0 aromatic rings. The van der Waals surface area contributed by atoms with Crippen LogP contribution in [0.25, 0.3) is 0 Å². The zero-order chi connectivity index (χ0) is 13.9. The molecule has 0 aromatic heterocycles. The van der Waals surface area contributed by atoms with Crippen molar-refractivity contribution in [1.82, 2.24) is 0 Å². The smallest absolute Gasteiger partial charge is 0.338 e. The van der Waals surface area contributed by atoms with Gasteiger partial charge in [0.25, 0.3) is 0 Å². The average molecular weight is 276 g/mol. The van der Waals surface area contributed by atoms with Gasteiger partial charge in [-0.25, -0.2) is 0 Å². The Bertz CT molecular complexity index is 186. The summed E-state index contributed by atoms with van der Waals surface area (Å²) in [6.07, 6.45) is 4.20. The van der Waals surface area contributed by atoms with E-state index in [1.807, 2.05) is 0 Å². The highest BCUT2D eigenvalue weighted by atomic mass is 28.4. The van der Waals surface area contributed by atoms with Crippen molar-refractivity contribution >= 4 is 8.56 Å². The van der Waals surface area contributed by atoms with Crippen LogP contribution in [-0.4, -0.2) is 34.4 Å². The van der Waals surface area contributed by atoms with Crippen LogP contribution < -0.4 is 11.5 Å². The maximum atomic E-state index is 6.36. The van der Waals surface area contributed by atoms with E-state index < -0.39 is 8.56 Å². The van der Waals surface area contributed by atoms with E-state index in [9.17, 15) is 0 Å². The normalized spacial score (nSPS) is 16.5. The van der Waals surface area contributed by atoms with Crippen LogP contribution in [0, 0.1) is 0 Å². The number of hydrogen-bond donors (Lipinski definition) is 2. The van der Waals surface area contributed by atoms with Crippen LogP contribution >= 0.6 is 0 Å². The summed E-state index contributed by atoms with van der Waals surface area (Å²) < 4.78 is 12.5. The second kappa shape index (κ2) is 10.9. The molecule has 2 unspecified atom stereocenters. The molecular weight excluding hydrogens is 244 g/mol. The standard InChI is InChI=1S/C13H32N2O2Si/c1-4-11-16-18(6-3,12-7-9-14)17-13(5-2)8-10-15/h13H,4-12,14-15H2,1-3H3. The molecular formula is C13H32N2O2Si. The third-order valence-electron chi connectivity index (χ3n) is 3.20. The fourth-order valence-electron chi connectivity index (χ4n) is 2.02. The number of hydrogen-bond acceptors (Lipinski definition) is 4. The van der Waals surface area contributed by atoms with Crippen LogP contribution in [0.1, 0.15) is 46.5 Å². The van der Waals surface area contributed by atoms with Crippen molar-refractivity contribution in [2.75, 3.05) is 19.7 Å². The summed E-state index contributed by atoms with van der Waals surface area (Å²) in [4.78, 5) is 0. The highest BCUT2D eigenvalue weighted by molar-refractivity contribution is 6.67. The van der Waals surface area contributed by atoms with Gasteiger partial charge in [-0.15, -0.1) is 0 Å². The molecule has 0 aliphatic rings. The van der Waals surface area contributed by atoms with E-state index in [0.29, 0.717) is 13.1 Å². The van der Waals surface area contributed by atoms with Gasteiger partial charge in [0.1, 0.15) is 0 Å². The van der Waals surface area contributed by atoms with Gasteiger partial charge in [0.15, 0.2) is 0 Å². The third-order valence-corrected chi connectivity index (χ3v) is 6.88. The van der Waals surface area contributed by atoms with E-state index in [1.54, 1.807) is 0 Å². The fraction of sp³-hybridized carbons (Fsp3) is 1.00. The molecule has 4 nitrogen and oxygen atoms in total. The predicted octanol–water partition coefficient (Wildman–Crippen LogP) is 2.37. The van der Waals surface area contributed by atoms with Crippen LogP contribution in [0.5, 0.6) is 0 Å². The molecule has 0 spiro atoms. The van der Waals surface area contributed by atoms with Crippen LogP contribution in [0.15, 0.2) is 0 Å². The lowest BCUT2D eigenvalue weighted by Gasteiger charge is -2.33. The second-order valence-electron chi connectivity index (χ2n) is 4.73. The molecule has 5 heteroatoms. The van der Waals surface area contributed by atoms with Gasteiger partial charge >= 0.3 is 8.56 Å². The Kier molecular flexibility index (Phi) is 11.0. The van der Waals surface area contributed by atoms with Gasteiger partial charge in [0, 0.05) is 12.7 Å². The SMILES string of the molecule is CCCO[Si](CC)(CCCN)OC(CC)CCN. The van der Waals surface area contributed by atoms with Gasteiger partial charge in [0.05, 0.1) is 0 Å². The molecule has 0 aliphatic carbocycles. The maximum Gasteiger partial charge on any atom is 0.338 e. The average Bonchev–Trinajstić information content (AvgIpc) is 2.41. The second-order valence-corrected chi connectivity index (χ2v) is 8.28. The largest absolute Gasteiger partial charge is 0.394 e. The molecule has 0 aliphatic heterocycles. The lowest BCUT2D eigenvalue weighted by molar-refractivity contribution is 0.104. The summed E-state index contributed by atoms with van der Waals surface area (Å²) in [6.45, 7) is 8.64. The van der Waals surface area contributed by atoms with E-state index in [-0.39, 0.29) is 6.10 Å². The van der Waals surface area contributed by atoms with Crippen LogP contribution in [0.4, 0.5) is 0 Å².